The first-order valence-electron chi connectivity index (χ1n) is 13.2. The van der Waals surface area contributed by atoms with E-state index in [-0.39, 0.29) is 11.5 Å². The Bertz CT molecular complexity index is 792. The van der Waals surface area contributed by atoms with Crippen molar-refractivity contribution in [3.63, 3.8) is 0 Å². The number of aldehydes is 1. The second-order valence-electron chi connectivity index (χ2n) is 11.6. The number of hydrogen-bond donors (Lipinski definition) is 1. The maximum Gasteiger partial charge on any atom is 0.150 e. The van der Waals surface area contributed by atoms with Gasteiger partial charge in [-0.3, -0.25) is 4.79 Å². The van der Waals surface area contributed by atoms with Crippen molar-refractivity contribution >= 4 is 6.29 Å². The average molecular weight is 439 g/mol. The fourth-order valence-electron chi connectivity index (χ4n) is 6.79. The Morgan fingerprint density at radius 1 is 1.16 bits per heavy atom. The van der Waals surface area contributed by atoms with E-state index in [1.165, 1.54) is 49.7 Å². The Kier molecular flexibility index (Phi) is 8.78. The molecule has 2 nitrogen and oxygen atoms in total. The van der Waals surface area contributed by atoms with Gasteiger partial charge in [0.15, 0.2) is 0 Å². The molecular formula is C30H46O2. The van der Waals surface area contributed by atoms with Gasteiger partial charge in [-0.25, -0.2) is 0 Å². The van der Waals surface area contributed by atoms with Crippen LogP contribution in [0.15, 0.2) is 29.8 Å². The van der Waals surface area contributed by atoms with Crippen LogP contribution in [0.3, 0.4) is 0 Å². The molecule has 1 saturated carbocycles. The average Bonchev–Trinajstić information content (AvgIpc) is 3.08. The summed E-state index contributed by atoms with van der Waals surface area (Å²) in [5, 5.41) is 10.5. The number of hydrogen-bond acceptors (Lipinski definition) is 2. The molecule has 0 aliphatic heterocycles. The first-order chi connectivity index (χ1) is 15.2. The highest BCUT2D eigenvalue weighted by molar-refractivity contribution is 5.78. The predicted molar refractivity (Wildman–Crippen MR) is 135 cm³/mol. The summed E-state index contributed by atoms with van der Waals surface area (Å²) in [6.07, 6.45) is 14.2. The van der Waals surface area contributed by atoms with Crippen LogP contribution in [0.25, 0.3) is 0 Å². The van der Waals surface area contributed by atoms with Crippen molar-refractivity contribution in [3.05, 3.63) is 46.5 Å². The first kappa shape index (κ1) is 25.2. The highest BCUT2D eigenvalue weighted by Crippen LogP contribution is 2.59. The molecule has 178 valence electrons. The van der Waals surface area contributed by atoms with E-state index >= 15 is 0 Å². The van der Waals surface area contributed by atoms with Gasteiger partial charge in [0, 0.05) is 5.56 Å². The Morgan fingerprint density at radius 2 is 1.94 bits per heavy atom. The van der Waals surface area contributed by atoms with Crippen molar-refractivity contribution in [2.45, 2.75) is 111 Å². The van der Waals surface area contributed by atoms with Crippen LogP contribution in [-0.2, 0) is 6.42 Å². The zero-order valence-corrected chi connectivity index (χ0v) is 21.2. The number of benzene rings is 1. The highest BCUT2D eigenvalue weighted by atomic mass is 16.3. The second kappa shape index (κ2) is 11.1. The monoisotopic (exact) mass is 438 g/mol. The topological polar surface area (TPSA) is 37.3 Å². The molecule has 3 aliphatic rings. The fourth-order valence-corrected chi connectivity index (χ4v) is 6.79. The van der Waals surface area contributed by atoms with Crippen LogP contribution in [0.4, 0.5) is 0 Å². The molecule has 0 amide bonds. The van der Waals surface area contributed by atoms with E-state index in [4.69, 9.17) is 0 Å². The zero-order chi connectivity index (χ0) is 23.3. The molecule has 5 atom stereocenters. The molecular weight excluding hydrogens is 392 g/mol. The minimum atomic E-state index is -0.348. The number of rotatable bonds is 6. The molecule has 0 aromatic heterocycles. The molecule has 3 aliphatic carbocycles. The summed E-state index contributed by atoms with van der Waals surface area (Å²) >= 11 is 0. The van der Waals surface area contributed by atoms with Gasteiger partial charge in [-0.2, -0.15) is 0 Å². The second-order valence-corrected chi connectivity index (χ2v) is 11.6. The Balaban J connectivity index is 1.94. The van der Waals surface area contributed by atoms with E-state index in [9.17, 15) is 9.90 Å². The minimum absolute atomic E-state index is 0.219. The molecule has 0 spiro atoms. The molecule has 2 bridgehead atoms. The van der Waals surface area contributed by atoms with Gasteiger partial charge in [-0.15, -0.1) is 0 Å². The van der Waals surface area contributed by atoms with Crippen molar-refractivity contribution in [1.29, 1.82) is 0 Å². The number of fused-ring (bicyclic) bond motifs is 8. The maximum atomic E-state index is 12.1. The lowest BCUT2D eigenvalue weighted by Crippen LogP contribution is -2.32. The predicted octanol–water partition coefficient (Wildman–Crippen LogP) is 7.89. The highest BCUT2D eigenvalue weighted by Gasteiger charge is 2.48. The lowest BCUT2D eigenvalue weighted by Gasteiger charge is -2.41. The number of carbonyl (C=O) groups excluding carboxylic acids is 1. The van der Waals surface area contributed by atoms with Gasteiger partial charge >= 0.3 is 0 Å². The van der Waals surface area contributed by atoms with Crippen molar-refractivity contribution in [1.82, 2.24) is 0 Å². The van der Waals surface area contributed by atoms with E-state index < -0.39 is 0 Å². The molecule has 2 heteroatoms. The van der Waals surface area contributed by atoms with E-state index in [1.807, 2.05) is 0 Å². The summed E-state index contributed by atoms with van der Waals surface area (Å²) in [5.41, 5.74) is 4.80. The fraction of sp³-hybridized carbons (Fsp3) is 0.700. The number of aliphatic hydroxyl groups is 1. The van der Waals surface area contributed by atoms with Crippen LogP contribution in [0.5, 0.6) is 0 Å². The number of aliphatic hydroxyl groups excluding tert-OH is 1. The van der Waals surface area contributed by atoms with Gasteiger partial charge in [0.25, 0.3) is 0 Å². The SMILES string of the molecule is C/C1=C/CC[C@]2(C)[C@@H]([C@H](C)CCCC(C)C)CC[C@H]2c2ccc(cc2C=O)C[C@@H](O)CC1. The molecule has 32 heavy (non-hydrogen) atoms. The lowest BCUT2D eigenvalue weighted by atomic mass is 9.63. The van der Waals surface area contributed by atoms with Gasteiger partial charge in [0.05, 0.1) is 6.10 Å². The van der Waals surface area contributed by atoms with Crippen LogP contribution in [0.1, 0.15) is 120 Å². The van der Waals surface area contributed by atoms with E-state index in [0.717, 1.165) is 48.5 Å². The molecule has 1 fully saturated rings. The Hall–Kier alpha value is -1.41. The summed E-state index contributed by atoms with van der Waals surface area (Å²) < 4.78 is 0. The third-order valence-corrected chi connectivity index (χ3v) is 8.71. The third-order valence-electron chi connectivity index (χ3n) is 8.71. The molecule has 1 aromatic carbocycles. The summed E-state index contributed by atoms with van der Waals surface area (Å²) in [5.74, 6) is 2.66. The van der Waals surface area contributed by atoms with Gasteiger partial charge in [0.1, 0.15) is 6.29 Å². The van der Waals surface area contributed by atoms with Crippen molar-refractivity contribution in [2.24, 2.45) is 23.2 Å². The van der Waals surface area contributed by atoms with Crippen LogP contribution in [0, 0.1) is 23.2 Å². The minimum Gasteiger partial charge on any atom is -0.393 e. The van der Waals surface area contributed by atoms with E-state index in [2.05, 4.69) is 58.9 Å². The normalized spacial score (nSPS) is 31.6. The van der Waals surface area contributed by atoms with Crippen LogP contribution < -0.4 is 0 Å². The third kappa shape index (κ3) is 5.93. The lowest BCUT2D eigenvalue weighted by molar-refractivity contribution is 0.111. The van der Waals surface area contributed by atoms with E-state index in [1.54, 1.807) is 0 Å². The van der Waals surface area contributed by atoms with Crippen molar-refractivity contribution in [2.75, 3.05) is 0 Å². The van der Waals surface area contributed by atoms with Crippen LogP contribution in [0.2, 0.25) is 0 Å². The molecule has 0 saturated heterocycles. The summed E-state index contributed by atoms with van der Waals surface area (Å²) in [4.78, 5) is 12.1. The molecule has 0 radical (unpaired) electrons. The first-order valence-corrected chi connectivity index (χ1v) is 13.2. The van der Waals surface area contributed by atoms with Crippen LogP contribution >= 0.6 is 0 Å². The molecule has 0 unspecified atom stereocenters. The number of carbonyl (C=O) groups is 1. The molecule has 0 heterocycles. The summed E-state index contributed by atoms with van der Waals surface area (Å²) in [6.45, 7) is 11.9. The quantitative estimate of drug-likeness (QED) is 0.362. The Morgan fingerprint density at radius 3 is 2.66 bits per heavy atom. The van der Waals surface area contributed by atoms with Gasteiger partial charge in [0.2, 0.25) is 0 Å². The van der Waals surface area contributed by atoms with Crippen LogP contribution in [-0.4, -0.2) is 17.5 Å². The van der Waals surface area contributed by atoms with Crippen molar-refractivity contribution in [3.8, 4) is 0 Å². The standard InChI is InChI=1S/C30H46O2/c1-21(2)8-6-10-23(4)28-15-16-29-27-14-12-24(18-25(27)20-31)19-26(32)13-11-22(3)9-7-17-30(28,29)5/h9,12,14,18,20-21,23,26,28-29,32H,6-8,10-11,13,15-17,19H2,1-5H3/b22-9-/t23-,26+,28-,29+,30-/m1/s1. The summed E-state index contributed by atoms with van der Waals surface area (Å²) in [6, 6.07) is 6.44. The van der Waals surface area contributed by atoms with Gasteiger partial charge in [-0.1, -0.05) is 70.7 Å². The largest absolute Gasteiger partial charge is 0.393 e. The molecule has 1 aromatic rings. The smallest absolute Gasteiger partial charge is 0.150 e. The Labute approximate surface area is 196 Å². The zero-order valence-electron chi connectivity index (χ0n) is 21.2. The van der Waals surface area contributed by atoms with Gasteiger partial charge < -0.3 is 5.11 Å². The molecule has 1 N–H and O–H groups in total. The van der Waals surface area contributed by atoms with Crippen molar-refractivity contribution < 1.29 is 9.90 Å². The maximum absolute atomic E-state index is 12.1. The van der Waals surface area contributed by atoms with E-state index in [0.29, 0.717) is 18.3 Å². The number of allylic oxidation sites excluding steroid dienone is 2. The summed E-state index contributed by atoms with van der Waals surface area (Å²) in [7, 11) is 0. The molecule has 4 rings (SSSR count). The van der Waals surface area contributed by atoms with Gasteiger partial charge in [-0.05, 0) is 98.1 Å².